The molecule has 0 bridgehead atoms. The van der Waals surface area contributed by atoms with E-state index < -0.39 is 17.6 Å². The Bertz CT molecular complexity index is 878. The number of urea groups is 1. The molecule has 31 heavy (non-hydrogen) atoms. The first-order valence-electron chi connectivity index (χ1n) is 10.8. The third-order valence-corrected chi connectivity index (χ3v) is 6.18. The van der Waals surface area contributed by atoms with Crippen LogP contribution >= 0.6 is 0 Å². The molecule has 2 aliphatic rings. The third kappa shape index (κ3) is 4.73. The number of benzene rings is 1. The zero-order valence-electron chi connectivity index (χ0n) is 18.9. The van der Waals surface area contributed by atoms with Crippen LogP contribution < -0.4 is 16.0 Å². The summed E-state index contributed by atoms with van der Waals surface area (Å²) in [5.41, 5.74) is 0.701. The summed E-state index contributed by atoms with van der Waals surface area (Å²) in [5, 5.41) is 7.85. The first-order valence-corrected chi connectivity index (χ1v) is 10.8. The van der Waals surface area contributed by atoms with E-state index in [2.05, 4.69) is 36.7 Å². The largest absolute Gasteiger partial charge is 0.341 e. The van der Waals surface area contributed by atoms with Gasteiger partial charge in [-0.2, -0.15) is 0 Å². The van der Waals surface area contributed by atoms with Crippen LogP contribution in [0.5, 0.6) is 0 Å². The lowest BCUT2D eigenvalue weighted by atomic mass is 9.86. The van der Waals surface area contributed by atoms with Crippen LogP contribution in [0.25, 0.3) is 0 Å². The number of imide groups is 1. The maximum absolute atomic E-state index is 13.2. The molecule has 168 valence electrons. The van der Waals surface area contributed by atoms with Gasteiger partial charge in [-0.1, -0.05) is 46.8 Å². The molecule has 0 saturated carbocycles. The van der Waals surface area contributed by atoms with Crippen molar-refractivity contribution in [2.24, 2.45) is 5.92 Å². The maximum Gasteiger partial charge on any atom is 0.322 e. The van der Waals surface area contributed by atoms with E-state index in [1.807, 2.05) is 26.0 Å². The first kappa shape index (κ1) is 22.8. The Hall–Kier alpha value is -2.90. The monoisotopic (exact) mass is 428 g/mol. The molecule has 8 heteroatoms. The molecule has 2 saturated heterocycles. The molecule has 2 aliphatic heterocycles. The number of amides is 5. The highest BCUT2D eigenvalue weighted by molar-refractivity contribution is 6.07. The van der Waals surface area contributed by atoms with Crippen LogP contribution in [-0.4, -0.2) is 53.3 Å². The standard InChI is InChI=1S/C23H32N4O4/c1-14(2)17(24-18(28)15-6-8-16(9-7-15)22(3,4)5)19(29)27-12-10-23(11-13-27)20(30)25-21(31)26-23/h6-9,14,17H,10-13H2,1-5H3,(H,24,28)(H2,25,26,30,31). The third-order valence-electron chi connectivity index (χ3n) is 6.18. The van der Waals surface area contributed by atoms with Crippen molar-refractivity contribution in [2.75, 3.05) is 13.1 Å². The number of carbonyl (C=O) groups is 4. The Kier molecular flexibility index (Phi) is 6.11. The minimum absolute atomic E-state index is 0.00719. The van der Waals surface area contributed by atoms with E-state index in [0.717, 1.165) is 5.56 Å². The molecule has 0 aromatic heterocycles. The SMILES string of the molecule is CC(C)C(NC(=O)c1ccc(C(C)(C)C)cc1)C(=O)N1CCC2(CC1)NC(=O)NC2=O. The van der Waals surface area contributed by atoms with Crippen molar-refractivity contribution in [3.05, 3.63) is 35.4 Å². The van der Waals surface area contributed by atoms with E-state index in [4.69, 9.17) is 0 Å². The van der Waals surface area contributed by atoms with Crippen LogP contribution in [0.15, 0.2) is 24.3 Å². The van der Waals surface area contributed by atoms with Crippen LogP contribution in [0, 0.1) is 5.92 Å². The number of nitrogens with one attached hydrogen (secondary N) is 3. The molecule has 2 heterocycles. The highest BCUT2D eigenvalue weighted by Crippen LogP contribution is 2.26. The number of hydrogen-bond donors (Lipinski definition) is 3. The Morgan fingerprint density at radius 3 is 2.10 bits per heavy atom. The Morgan fingerprint density at radius 2 is 1.65 bits per heavy atom. The number of likely N-dealkylation sites (tertiary alicyclic amines) is 1. The first-order chi connectivity index (χ1) is 14.4. The molecule has 1 aromatic carbocycles. The second kappa shape index (κ2) is 8.32. The number of nitrogens with zero attached hydrogens (tertiary/aromatic N) is 1. The molecule has 1 aromatic rings. The minimum atomic E-state index is -0.931. The van der Waals surface area contributed by atoms with Gasteiger partial charge in [0.25, 0.3) is 11.8 Å². The Balaban J connectivity index is 1.65. The summed E-state index contributed by atoms with van der Waals surface area (Å²) in [6.45, 7) is 10.8. The fourth-order valence-corrected chi connectivity index (χ4v) is 4.05. The van der Waals surface area contributed by atoms with Crippen LogP contribution in [0.3, 0.4) is 0 Å². The summed E-state index contributed by atoms with van der Waals surface area (Å²) in [7, 11) is 0. The summed E-state index contributed by atoms with van der Waals surface area (Å²) in [4.78, 5) is 51.3. The predicted octanol–water partition coefficient (Wildman–Crippen LogP) is 1.94. The van der Waals surface area contributed by atoms with Crippen molar-refractivity contribution < 1.29 is 19.2 Å². The summed E-state index contributed by atoms with van der Waals surface area (Å²) < 4.78 is 0. The van der Waals surface area contributed by atoms with Gasteiger partial charge in [-0.15, -0.1) is 0 Å². The molecule has 8 nitrogen and oxygen atoms in total. The number of rotatable bonds is 4. The molecule has 2 fully saturated rings. The molecule has 0 aliphatic carbocycles. The molecular weight excluding hydrogens is 396 g/mol. The quantitative estimate of drug-likeness (QED) is 0.637. The summed E-state index contributed by atoms with van der Waals surface area (Å²) >= 11 is 0. The molecule has 1 unspecified atom stereocenters. The van der Waals surface area contributed by atoms with Gasteiger partial charge in [-0.25, -0.2) is 4.79 Å². The second-order valence-electron chi connectivity index (χ2n) is 9.84. The van der Waals surface area contributed by atoms with E-state index in [1.165, 1.54) is 0 Å². The average Bonchev–Trinajstić information content (AvgIpc) is 2.97. The van der Waals surface area contributed by atoms with Gasteiger partial charge in [0.1, 0.15) is 11.6 Å². The Morgan fingerprint density at radius 1 is 1.06 bits per heavy atom. The average molecular weight is 429 g/mol. The normalized spacial score (nSPS) is 19.2. The van der Waals surface area contributed by atoms with E-state index in [-0.39, 0.29) is 29.1 Å². The highest BCUT2D eigenvalue weighted by Gasteiger charge is 2.48. The van der Waals surface area contributed by atoms with Crippen LogP contribution in [-0.2, 0) is 15.0 Å². The predicted molar refractivity (Wildman–Crippen MR) is 116 cm³/mol. The number of carbonyl (C=O) groups excluding carboxylic acids is 4. The van der Waals surface area contributed by atoms with Crippen molar-refractivity contribution in [2.45, 2.75) is 64.5 Å². The van der Waals surface area contributed by atoms with Crippen molar-refractivity contribution >= 4 is 23.8 Å². The summed E-state index contributed by atoms with van der Waals surface area (Å²) in [6.07, 6.45) is 0.701. The van der Waals surface area contributed by atoms with E-state index in [9.17, 15) is 19.2 Å². The van der Waals surface area contributed by atoms with Crippen LogP contribution in [0.1, 0.15) is 63.4 Å². The van der Waals surface area contributed by atoms with Gasteiger partial charge in [0.05, 0.1) is 0 Å². The van der Waals surface area contributed by atoms with Crippen molar-refractivity contribution in [3.8, 4) is 0 Å². The topological polar surface area (TPSA) is 108 Å². The fraction of sp³-hybridized carbons (Fsp3) is 0.565. The molecule has 5 amide bonds. The highest BCUT2D eigenvalue weighted by atomic mass is 16.2. The molecule has 1 atom stereocenters. The van der Waals surface area contributed by atoms with Crippen LogP contribution in [0.4, 0.5) is 4.79 Å². The smallest absolute Gasteiger partial charge is 0.322 e. The van der Waals surface area contributed by atoms with Gasteiger partial charge in [-0.05, 0) is 41.9 Å². The van der Waals surface area contributed by atoms with Gasteiger partial charge in [0.2, 0.25) is 5.91 Å². The van der Waals surface area contributed by atoms with Crippen molar-refractivity contribution in [1.29, 1.82) is 0 Å². The number of piperidine rings is 1. The molecule has 1 spiro atoms. The molecular formula is C23H32N4O4. The maximum atomic E-state index is 13.2. The lowest BCUT2D eigenvalue weighted by Gasteiger charge is -2.39. The van der Waals surface area contributed by atoms with Crippen molar-refractivity contribution in [3.63, 3.8) is 0 Å². The zero-order valence-corrected chi connectivity index (χ0v) is 18.9. The van der Waals surface area contributed by atoms with E-state index >= 15 is 0 Å². The second-order valence-corrected chi connectivity index (χ2v) is 9.84. The van der Waals surface area contributed by atoms with Gasteiger partial charge in [0.15, 0.2) is 0 Å². The molecule has 3 rings (SSSR count). The Labute approximate surface area is 183 Å². The summed E-state index contributed by atoms with van der Waals surface area (Å²) in [6, 6.07) is 6.27. The van der Waals surface area contributed by atoms with Gasteiger partial charge < -0.3 is 15.5 Å². The fourth-order valence-electron chi connectivity index (χ4n) is 4.05. The van der Waals surface area contributed by atoms with Gasteiger partial charge >= 0.3 is 6.03 Å². The minimum Gasteiger partial charge on any atom is -0.341 e. The molecule has 0 radical (unpaired) electrons. The van der Waals surface area contributed by atoms with E-state index in [0.29, 0.717) is 31.5 Å². The lowest BCUT2D eigenvalue weighted by Crippen LogP contribution is -2.59. The van der Waals surface area contributed by atoms with Crippen LogP contribution in [0.2, 0.25) is 0 Å². The van der Waals surface area contributed by atoms with Gasteiger partial charge in [-0.3, -0.25) is 19.7 Å². The molecule has 3 N–H and O–H groups in total. The zero-order chi connectivity index (χ0) is 23.0. The number of hydrogen-bond acceptors (Lipinski definition) is 4. The van der Waals surface area contributed by atoms with Crippen molar-refractivity contribution in [1.82, 2.24) is 20.9 Å². The van der Waals surface area contributed by atoms with E-state index in [1.54, 1.807) is 17.0 Å². The summed E-state index contributed by atoms with van der Waals surface area (Å²) in [5.74, 6) is -0.898. The lowest BCUT2D eigenvalue weighted by molar-refractivity contribution is -0.138. The van der Waals surface area contributed by atoms with Gasteiger partial charge in [0, 0.05) is 18.7 Å².